The lowest BCUT2D eigenvalue weighted by Gasteiger charge is -2.14. The van der Waals surface area contributed by atoms with Gasteiger partial charge in [0.1, 0.15) is 12.4 Å². The Morgan fingerprint density at radius 3 is 2.65 bits per heavy atom. The van der Waals surface area contributed by atoms with Crippen molar-refractivity contribution in [2.75, 3.05) is 13.6 Å². The van der Waals surface area contributed by atoms with Crippen molar-refractivity contribution in [3.8, 4) is 0 Å². The van der Waals surface area contributed by atoms with Gasteiger partial charge in [0.05, 0.1) is 11.4 Å². The van der Waals surface area contributed by atoms with Gasteiger partial charge in [0, 0.05) is 7.05 Å². The van der Waals surface area contributed by atoms with Gasteiger partial charge in [-0.2, -0.15) is 0 Å². The lowest BCUT2D eigenvalue weighted by molar-refractivity contribution is -0.143. The molecule has 4 nitrogen and oxygen atoms in total. The molecule has 1 aromatic rings. The van der Waals surface area contributed by atoms with Crippen LogP contribution in [0.4, 0.5) is 4.39 Å². The highest BCUT2D eigenvalue weighted by Crippen LogP contribution is 2.16. The molecule has 0 atom stereocenters. The average Bonchev–Trinajstić information content (AvgIpc) is 2.22. The Bertz CT molecular complexity index is 450. The molecule has 0 heterocycles. The Morgan fingerprint density at radius 1 is 1.47 bits per heavy atom. The van der Waals surface area contributed by atoms with Crippen LogP contribution in [0.1, 0.15) is 5.56 Å². The summed E-state index contributed by atoms with van der Waals surface area (Å²) in [6.07, 6.45) is -0.0577. The number of carbonyl (C=O) groups is 2. The first-order valence-corrected chi connectivity index (χ1v) is 5.17. The highest BCUT2D eigenvalue weighted by atomic mass is 35.5. The summed E-state index contributed by atoms with van der Waals surface area (Å²) in [5, 5.41) is 8.49. The molecule has 0 bridgehead atoms. The molecule has 0 aliphatic rings. The van der Waals surface area contributed by atoms with Crippen molar-refractivity contribution >= 4 is 23.5 Å². The molecule has 92 valence electrons. The minimum absolute atomic E-state index is 0.0138. The summed E-state index contributed by atoms with van der Waals surface area (Å²) in [6.45, 7) is -0.380. The van der Waals surface area contributed by atoms with Gasteiger partial charge in [-0.15, -0.1) is 0 Å². The number of hydrogen-bond donors (Lipinski definition) is 1. The van der Waals surface area contributed by atoms with Crippen LogP contribution in [0.15, 0.2) is 18.2 Å². The van der Waals surface area contributed by atoms with Crippen molar-refractivity contribution in [2.45, 2.75) is 6.42 Å². The molecule has 0 aromatic heterocycles. The molecule has 1 N–H and O–H groups in total. The number of benzene rings is 1. The van der Waals surface area contributed by atoms with Gasteiger partial charge < -0.3 is 10.0 Å². The molecule has 0 spiro atoms. The topological polar surface area (TPSA) is 57.6 Å². The van der Waals surface area contributed by atoms with E-state index >= 15 is 0 Å². The minimum atomic E-state index is -1.09. The van der Waals surface area contributed by atoms with Gasteiger partial charge in [-0.25, -0.2) is 4.39 Å². The summed E-state index contributed by atoms with van der Waals surface area (Å²) in [5.74, 6) is -2.09. The van der Waals surface area contributed by atoms with E-state index in [0.29, 0.717) is 5.56 Å². The molecule has 0 saturated carbocycles. The van der Waals surface area contributed by atoms with E-state index in [4.69, 9.17) is 16.7 Å². The second-order valence-corrected chi connectivity index (χ2v) is 3.98. The number of carbonyl (C=O) groups excluding carboxylic acids is 1. The van der Waals surface area contributed by atoms with Crippen molar-refractivity contribution in [1.82, 2.24) is 4.90 Å². The first kappa shape index (κ1) is 13.4. The van der Waals surface area contributed by atoms with Crippen LogP contribution in [0.5, 0.6) is 0 Å². The number of carboxylic acids is 1. The van der Waals surface area contributed by atoms with Gasteiger partial charge >= 0.3 is 5.97 Å². The Hall–Kier alpha value is -1.62. The van der Waals surface area contributed by atoms with Crippen molar-refractivity contribution in [3.05, 3.63) is 34.6 Å². The van der Waals surface area contributed by atoms with Gasteiger partial charge in [0.2, 0.25) is 5.91 Å². The van der Waals surface area contributed by atoms with Gasteiger partial charge in [-0.1, -0.05) is 17.7 Å². The summed E-state index contributed by atoms with van der Waals surface area (Å²) in [5.41, 5.74) is 0.453. The van der Waals surface area contributed by atoms with Crippen molar-refractivity contribution in [1.29, 1.82) is 0 Å². The van der Waals surface area contributed by atoms with E-state index in [2.05, 4.69) is 0 Å². The molecule has 0 radical (unpaired) electrons. The maximum absolute atomic E-state index is 13.1. The molecule has 0 aliphatic carbocycles. The fourth-order valence-corrected chi connectivity index (χ4v) is 1.37. The Balaban J connectivity index is 2.67. The molecule has 0 fully saturated rings. The Kier molecular flexibility index (Phi) is 4.45. The largest absolute Gasteiger partial charge is 0.480 e. The van der Waals surface area contributed by atoms with Crippen LogP contribution >= 0.6 is 11.6 Å². The number of aliphatic carboxylic acids is 1. The maximum Gasteiger partial charge on any atom is 0.323 e. The third-order valence-electron chi connectivity index (χ3n) is 2.14. The van der Waals surface area contributed by atoms with E-state index in [0.717, 1.165) is 11.0 Å². The molecule has 0 unspecified atom stereocenters. The summed E-state index contributed by atoms with van der Waals surface area (Å²) >= 11 is 5.50. The second-order valence-electron chi connectivity index (χ2n) is 3.57. The van der Waals surface area contributed by atoms with Crippen molar-refractivity contribution in [3.63, 3.8) is 0 Å². The van der Waals surface area contributed by atoms with Crippen LogP contribution in [0, 0.1) is 5.82 Å². The summed E-state index contributed by atoms with van der Waals surface area (Å²) in [6, 6.07) is 4.05. The zero-order chi connectivity index (χ0) is 13.0. The van der Waals surface area contributed by atoms with Crippen molar-refractivity contribution < 1.29 is 19.1 Å². The lowest BCUT2D eigenvalue weighted by atomic mass is 10.1. The highest BCUT2D eigenvalue weighted by Gasteiger charge is 2.13. The number of nitrogens with zero attached hydrogens (tertiary/aromatic N) is 1. The van der Waals surface area contributed by atoms with E-state index in [-0.39, 0.29) is 18.0 Å². The molecule has 17 heavy (non-hydrogen) atoms. The molecular weight excluding hydrogens is 249 g/mol. The first-order valence-electron chi connectivity index (χ1n) is 4.80. The van der Waals surface area contributed by atoms with Gasteiger partial charge in [0.25, 0.3) is 0 Å². The van der Waals surface area contributed by atoms with Gasteiger partial charge in [-0.3, -0.25) is 9.59 Å². The normalized spacial score (nSPS) is 10.1. The van der Waals surface area contributed by atoms with Crippen LogP contribution in [0.2, 0.25) is 5.02 Å². The first-order chi connectivity index (χ1) is 7.90. The van der Waals surface area contributed by atoms with E-state index < -0.39 is 17.7 Å². The molecule has 6 heteroatoms. The molecule has 0 aliphatic heterocycles. The van der Waals surface area contributed by atoms with Crippen LogP contribution in [0.25, 0.3) is 0 Å². The number of likely N-dealkylation sites (N-methyl/N-ethyl adjacent to an activating group) is 1. The number of rotatable bonds is 4. The second kappa shape index (κ2) is 5.63. The number of carboxylic acid groups (broad SMARTS) is 1. The number of hydrogen-bond acceptors (Lipinski definition) is 2. The predicted molar refractivity (Wildman–Crippen MR) is 60.4 cm³/mol. The number of halogens is 2. The standard InChI is InChI=1S/C11H11ClFNO3/c1-14(6-11(16)17)10(15)5-7-2-3-8(12)9(13)4-7/h2-4H,5-6H2,1H3,(H,16,17). The zero-order valence-electron chi connectivity index (χ0n) is 9.11. The Morgan fingerprint density at radius 2 is 2.12 bits per heavy atom. The van der Waals surface area contributed by atoms with Crippen LogP contribution in [-0.2, 0) is 16.0 Å². The van der Waals surface area contributed by atoms with E-state index in [1.807, 2.05) is 0 Å². The summed E-state index contributed by atoms with van der Waals surface area (Å²) in [4.78, 5) is 23.0. The van der Waals surface area contributed by atoms with E-state index in [9.17, 15) is 14.0 Å². The van der Waals surface area contributed by atoms with E-state index in [1.54, 1.807) is 0 Å². The molecule has 0 saturated heterocycles. The molecular formula is C11H11ClFNO3. The molecule has 1 amide bonds. The van der Waals surface area contributed by atoms with Crippen LogP contribution < -0.4 is 0 Å². The maximum atomic E-state index is 13.1. The third-order valence-corrected chi connectivity index (χ3v) is 2.44. The highest BCUT2D eigenvalue weighted by molar-refractivity contribution is 6.30. The summed E-state index contributed by atoms with van der Waals surface area (Å²) in [7, 11) is 1.38. The van der Waals surface area contributed by atoms with E-state index in [1.165, 1.54) is 19.2 Å². The average molecular weight is 260 g/mol. The zero-order valence-corrected chi connectivity index (χ0v) is 9.87. The van der Waals surface area contributed by atoms with Crippen LogP contribution in [0.3, 0.4) is 0 Å². The quantitative estimate of drug-likeness (QED) is 0.893. The third kappa shape index (κ3) is 4.03. The van der Waals surface area contributed by atoms with Gasteiger partial charge in [-0.05, 0) is 17.7 Å². The fourth-order valence-electron chi connectivity index (χ4n) is 1.25. The minimum Gasteiger partial charge on any atom is -0.480 e. The van der Waals surface area contributed by atoms with Crippen molar-refractivity contribution in [2.24, 2.45) is 0 Å². The molecule has 1 aromatic carbocycles. The van der Waals surface area contributed by atoms with Crippen LogP contribution in [-0.4, -0.2) is 35.5 Å². The number of amides is 1. The SMILES string of the molecule is CN(CC(=O)O)C(=O)Cc1ccc(Cl)c(F)c1. The monoisotopic (exact) mass is 259 g/mol. The smallest absolute Gasteiger partial charge is 0.323 e. The molecule has 1 rings (SSSR count). The lowest BCUT2D eigenvalue weighted by Crippen LogP contribution is -2.33. The summed E-state index contributed by atoms with van der Waals surface area (Å²) < 4.78 is 13.1. The van der Waals surface area contributed by atoms with Gasteiger partial charge in [0.15, 0.2) is 0 Å². The predicted octanol–water partition coefficient (Wildman–Crippen LogP) is 1.56. The fraction of sp³-hybridized carbons (Fsp3) is 0.273. The Labute approximate surface area is 103 Å².